The maximum atomic E-state index is 10.5. The Hall–Kier alpha value is -2.35. The molecule has 0 bridgehead atoms. The number of phosphoric acid groups is 1. The molecule has 1 aliphatic rings. The third-order valence-electron chi connectivity index (χ3n) is 5.36. The Bertz CT molecular complexity index is 1010. The number of fused-ring (bicyclic) bond motifs is 1. The van der Waals surface area contributed by atoms with Gasteiger partial charge in [-0.3, -0.25) is 18.9 Å². The molecule has 3 heterocycles. The SMILES string of the molecule is CCOP(=O)(O)OCC.c1ccc(N2CCN(CCc3cccc4ncccc34)CC2)nc1. The standard InChI is InChI=1S/C20H22N4.C4H11O4P/c1-2-10-22-20(8-1)24-15-13-23(14-16-24)12-9-17-5-3-7-19-18(17)6-4-11-21-19;1-3-7-9(5,6)8-4-2/h1-8,10-11H,9,12-16H2;3-4H2,1-2H3,(H,5,6). The van der Waals surface area contributed by atoms with E-state index in [1.165, 1.54) is 10.9 Å². The number of nitrogens with zero attached hydrogens (tertiary/aromatic N) is 4. The lowest BCUT2D eigenvalue weighted by atomic mass is 10.1. The Kier molecular flexibility index (Phi) is 9.78. The van der Waals surface area contributed by atoms with E-state index < -0.39 is 7.82 Å². The van der Waals surface area contributed by atoms with Crippen LogP contribution in [0.1, 0.15) is 19.4 Å². The molecule has 9 heteroatoms. The van der Waals surface area contributed by atoms with Crippen molar-refractivity contribution in [2.45, 2.75) is 20.3 Å². The normalized spacial score (nSPS) is 14.7. The van der Waals surface area contributed by atoms with E-state index in [0.29, 0.717) is 0 Å². The highest BCUT2D eigenvalue weighted by Crippen LogP contribution is 2.42. The zero-order chi connectivity index (χ0) is 23.5. The molecule has 33 heavy (non-hydrogen) atoms. The van der Waals surface area contributed by atoms with E-state index in [9.17, 15) is 4.57 Å². The number of rotatable bonds is 8. The van der Waals surface area contributed by atoms with Crippen molar-refractivity contribution >= 4 is 24.5 Å². The van der Waals surface area contributed by atoms with Crippen molar-refractivity contribution < 1.29 is 18.5 Å². The minimum Gasteiger partial charge on any atom is -0.354 e. The quantitative estimate of drug-likeness (QED) is 0.489. The molecule has 0 saturated carbocycles. The van der Waals surface area contributed by atoms with Crippen LogP contribution in [-0.4, -0.2) is 65.7 Å². The van der Waals surface area contributed by atoms with Crippen molar-refractivity contribution in [3.05, 3.63) is 66.5 Å². The highest BCUT2D eigenvalue weighted by molar-refractivity contribution is 7.47. The summed E-state index contributed by atoms with van der Waals surface area (Å²) in [6, 6.07) is 16.8. The smallest absolute Gasteiger partial charge is 0.354 e. The summed E-state index contributed by atoms with van der Waals surface area (Å²) in [4.78, 5) is 22.5. The molecule has 3 aromatic rings. The Morgan fingerprint density at radius 1 is 0.909 bits per heavy atom. The van der Waals surface area contributed by atoms with E-state index >= 15 is 0 Å². The summed E-state index contributed by atoms with van der Waals surface area (Å²) in [7, 11) is -3.69. The van der Waals surface area contributed by atoms with Gasteiger partial charge >= 0.3 is 7.82 Å². The summed E-state index contributed by atoms with van der Waals surface area (Å²) in [5.41, 5.74) is 2.49. The van der Waals surface area contributed by atoms with Crippen molar-refractivity contribution in [2.24, 2.45) is 0 Å². The van der Waals surface area contributed by atoms with Gasteiger partial charge in [-0.15, -0.1) is 0 Å². The van der Waals surface area contributed by atoms with E-state index in [0.717, 1.165) is 50.5 Å². The average molecular weight is 473 g/mol. The van der Waals surface area contributed by atoms with Crippen molar-refractivity contribution in [3.63, 3.8) is 0 Å². The van der Waals surface area contributed by atoms with Crippen LogP contribution in [0.15, 0.2) is 60.9 Å². The largest absolute Gasteiger partial charge is 0.472 e. The van der Waals surface area contributed by atoms with Crippen LogP contribution in [0.3, 0.4) is 0 Å². The fraction of sp³-hybridized carbons (Fsp3) is 0.417. The van der Waals surface area contributed by atoms with Gasteiger partial charge in [-0.05, 0) is 50.1 Å². The second-order valence-corrected chi connectivity index (χ2v) is 9.01. The second kappa shape index (κ2) is 12.8. The van der Waals surface area contributed by atoms with Gasteiger partial charge in [0, 0.05) is 50.5 Å². The number of hydrogen-bond donors (Lipinski definition) is 1. The summed E-state index contributed by atoms with van der Waals surface area (Å²) in [6.45, 7) is 9.02. The number of piperazine rings is 1. The van der Waals surface area contributed by atoms with Crippen molar-refractivity contribution in [1.29, 1.82) is 0 Å². The number of hydrogen-bond acceptors (Lipinski definition) is 7. The van der Waals surface area contributed by atoms with E-state index in [-0.39, 0.29) is 13.2 Å². The third kappa shape index (κ3) is 7.88. The maximum absolute atomic E-state index is 10.5. The summed E-state index contributed by atoms with van der Waals surface area (Å²) in [5.74, 6) is 1.09. The van der Waals surface area contributed by atoms with Gasteiger partial charge in [0.15, 0.2) is 0 Å². The molecule has 0 aliphatic carbocycles. The Balaban J connectivity index is 0.000000292. The minimum absolute atomic E-state index is 0.188. The number of pyridine rings is 2. The zero-order valence-electron chi connectivity index (χ0n) is 19.3. The third-order valence-corrected chi connectivity index (χ3v) is 6.53. The number of anilines is 1. The summed E-state index contributed by atoms with van der Waals surface area (Å²) < 4.78 is 19.2. The zero-order valence-corrected chi connectivity index (χ0v) is 20.2. The van der Waals surface area contributed by atoms with Crippen LogP contribution in [0.4, 0.5) is 5.82 Å². The van der Waals surface area contributed by atoms with Gasteiger partial charge < -0.3 is 9.79 Å². The topological polar surface area (TPSA) is 88.0 Å². The molecule has 0 atom stereocenters. The molecule has 1 aromatic carbocycles. The molecule has 0 unspecified atom stereocenters. The van der Waals surface area contributed by atoms with Gasteiger partial charge in [-0.2, -0.15) is 0 Å². The highest BCUT2D eigenvalue weighted by Gasteiger charge is 2.18. The molecule has 178 valence electrons. The van der Waals surface area contributed by atoms with Crippen LogP contribution in [0.25, 0.3) is 10.9 Å². The summed E-state index contributed by atoms with van der Waals surface area (Å²) in [6.07, 6.45) is 4.81. The van der Waals surface area contributed by atoms with Crippen molar-refractivity contribution in [3.8, 4) is 0 Å². The number of aromatic nitrogens is 2. The maximum Gasteiger partial charge on any atom is 0.472 e. The first-order valence-corrected chi connectivity index (χ1v) is 12.8. The van der Waals surface area contributed by atoms with Gasteiger partial charge in [0.2, 0.25) is 0 Å². The molecule has 1 saturated heterocycles. The number of benzene rings is 1. The van der Waals surface area contributed by atoms with Gasteiger partial charge in [-0.25, -0.2) is 9.55 Å². The van der Waals surface area contributed by atoms with E-state index in [1.807, 2.05) is 24.5 Å². The predicted molar refractivity (Wildman–Crippen MR) is 131 cm³/mol. The first-order chi connectivity index (χ1) is 16.0. The Morgan fingerprint density at radius 2 is 1.64 bits per heavy atom. The molecular weight excluding hydrogens is 439 g/mol. The van der Waals surface area contributed by atoms with E-state index in [2.05, 4.69) is 65.2 Å². The first-order valence-electron chi connectivity index (χ1n) is 11.3. The summed E-state index contributed by atoms with van der Waals surface area (Å²) in [5, 5.41) is 1.28. The van der Waals surface area contributed by atoms with Crippen LogP contribution in [0.2, 0.25) is 0 Å². The monoisotopic (exact) mass is 472 g/mol. The van der Waals surface area contributed by atoms with Crippen LogP contribution in [-0.2, 0) is 20.0 Å². The molecule has 2 aromatic heterocycles. The van der Waals surface area contributed by atoms with Crippen LogP contribution < -0.4 is 4.90 Å². The molecule has 1 fully saturated rings. The Morgan fingerprint density at radius 3 is 2.30 bits per heavy atom. The molecule has 4 rings (SSSR count). The van der Waals surface area contributed by atoms with Gasteiger partial charge in [-0.1, -0.05) is 24.3 Å². The van der Waals surface area contributed by atoms with E-state index in [1.54, 1.807) is 13.8 Å². The fourth-order valence-electron chi connectivity index (χ4n) is 3.77. The lowest BCUT2D eigenvalue weighted by Crippen LogP contribution is -2.47. The van der Waals surface area contributed by atoms with Crippen LogP contribution >= 0.6 is 7.82 Å². The first kappa shape index (κ1) is 25.3. The fourth-order valence-corrected chi connectivity index (χ4v) is 4.50. The number of phosphoric ester groups is 1. The molecular formula is C24H33N4O4P. The molecule has 1 N–H and O–H groups in total. The average Bonchev–Trinajstić information content (AvgIpc) is 2.84. The van der Waals surface area contributed by atoms with Gasteiger partial charge in [0.25, 0.3) is 0 Å². The van der Waals surface area contributed by atoms with Gasteiger partial charge in [0.1, 0.15) is 5.82 Å². The molecule has 0 radical (unpaired) electrons. The second-order valence-electron chi connectivity index (χ2n) is 7.56. The van der Waals surface area contributed by atoms with Crippen LogP contribution in [0.5, 0.6) is 0 Å². The lowest BCUT2D eigenvalue weighted by molar-refractivity contribution is 0.161. The molecule has 0 amide bonds. The summed E-state index contributed by atoms with van der Waals surface area (Å²) >= 11 is 0. The molecule has 1 aliphatic heterocycles. The van der Waals surface area contributed by atoms with Crippen molar-refractivity contribution in [1.82, 2.24) is 14.9 Å². The Labute approximate surface area is 195 Å². The highest BCUT2D eigenvalue weighted by atomic mass is 31.2. The van der Waals surface area contributed by atoms with Gasteiger partial charge in [0.05, 0.1) is 18.7 Å². The predicted octanol–water partition coefficient (Wildman–Crippen LogP) is 4.15. The lowest BCUT2D eigenvalue weighted by Gasteiger charge is -2.35. The molecule has 8 nitrogen and oxygen atoms in total. The molecule has 0 spiro atoms. The van der Waals surface area contributed by atoms with Crippen LogP contribution in [0, 0.1) is 0 Å². The van der Waals surface area contributed by atoms with E-state index in [4.69, 9.17) is 4.89 Å². The van der Waals surface area contributed by atoms with Crippen molar-refractivity contribution in [2.75, 3.05) is 50.8 Å². The minimum atomic E-state index is -3.69.